The van der Waals surface area contributed by atoms with Crippen LogP contribution < -0.4 is 10.9 Å². The summed E-state index contributed by atoms with van der Waals surface area (Å²) >= 11 is 0. The molecule has 0 unspecified atom stereocenters. The van der Waals surface area contributed by atoms with Gasteiger partial charge in [-0.05, 0) is 47.7 Å². The molecule has 0 fully saturated rings. The molecule has 0 aliphatic heterocycles. The van der Waals surface area contributed by atoms with Crippen molar-refractivity contribution >= 4 is 11.6 Å². The van der Waals surface area contributed by atoms with Crippen molar-refractivity contribution < 1.29 is 4.79 Å². The van der Waals surface area contributed by atoms with E-state index < -0.39 is 6.04 Å². The topological polar surface area (TPSA) is 108 Å². The van der Waals surface area contributed by atoms with Crippen LogP contribution in [0, 0.1) is 0 Å². The van der Waals surface area contributed by atoms with Gasteiger partial charge in [-0.2, -0.15) is 5.10 Å². The molecule has 2 heterocycles. The molecule has 0 spiro atoms. The summed E-state index contributed by atoms with van der Waals surface area (Å²) in [4.78, 5) is 25.0. The van der Waals surface area contributed by atoms with Crippen molar-refractivity contribution in [3.63, 3.8) is 0 Å². The number of tetrazole rings is 1. The van der Waals surface area contributed by atoms with Crippen LogP contribution in [0.5, 0.6) is 0 Å². The standard InChI is InChI=1S/C20H17N7O2/c1-14(27-19(28)12-11-18(23-27)15-5-3-2-4-6-15)20(29)22-16-7-9-17(10-8-16)26-13-21-24-25-26/h2-14H,1H3,(H,22,29)/t14-/m1/s1. The fraction of sp³-hybridized carbons (Fsp3) is 0.100. The average molecular weight is 387 g/mol. The molecular weight excluding hydrogens is 370 g/mol. The molecule has 1 amide bonds. The largest absolute Gasteiger partial charge is 0.324 e. The quantitative estimate of drug-likeness (QED) is 0.562. The van der Waals surface area contributed by atoms with Crippen LogP contribution in [0.15, 0.2) is 77.9 Å². The summed E-state index contributed by atoms with van der Waals surface area (Å²) in [5.41, 5.74) is 2.49. The number of amides is 1. The first kappa shape index (κ1) is 18.2. The van der Waals surface area contributed by atoms with Crippen molar-refractivity contribution in [1.29, 1.82) is 0 Å². The van der Waals surface area contributed by atoms with Crippen molar-refractivity contribution in [3.05, 3.63) is 83.4 Å². The number of rotatable bonds is 5. The third-order valence-corrected chi connectivity index (χ3v) is 4.39. The number of aromatic nitrogens is 6. The maximum Gasteiger partial charge on any atom is 0.267 e. The molecule has 0 saturated carbocycles. The van der Waals surface area contributed by atoms with E-state index in [0.717, 1.165) is 11.3 Å². The molecule has 0 radical (unpaired) electrons. The first-order chi connectivity index (χ1) is 14.1. The zero-order valence-corrected chi connectivity index (χ0v) is 15.5. The van der Waals surface area contributed by atoms with Crippen molar-refractivity contribution in [2.24, 2.45) is 0 Å². The highest BCUT2D eigenvalue weighted by Crippen LogP contribution is 2.17. The summed E-state index contributed by atoms with van der Waals surface area (Å²) in [5, 5.41) is 18.2. The van der Waals surface area contributed by atoms with Gasteiger partial charge in [-0.1, -0.05) is 30.3 Å². The van der Waals surface area contributed by atoms with E-state index in [4.69, 9.17) is 0 Å². The highest BCUT2D eigenvalue weighted by atomic mass is 16.2. The molecule has 144 valence electrons. The van der Waals surface area contributed by atoms with E-state index in [2.05, 4.69) is 25.9 Å². The maximum absolute atomic E-state index is 12.7. The number of benzene rings is 2. The van der Waals surface area contributed by atoms with Crippen LogP contribution in [0.4, 0.5) is 5.69 Å². The average Bonchev–Trinajstić information content (AvgIpc) is 3.30. The molecule has 0 saturated heterocycles. The fourth-order valence-electron chi connectivity index (χ4n) is 2.80. The Balaban J connectivity index is 1.53. The molecule has 0 aliphatic rings. The van der Waals surface area contributed by atoms with E-state index in [0.29, 0.717) is 11.4 Å². The molecule has 29 heavy (non-hydrogen) atoms. The van der Waals surface area contributed by atoms with Gasteiger partial charge in [0.1, 0.15) is 12.4 Å². The second kappa shape index (κ2) is 7.85. The number of hydrogen-bond acceptors (Lipinski definition) is 6. The van der Waals surface area contributed by atoms with Gasteiger partial charge in [-0.3, -0.25) is 9.59 Å². The predicted octanol–water partition coefficient (Wildman–Crippen LogP) is 2.09. The lowest BCUT2D eigenvalue weighted by molar-refractivity contribution is -0.119. The SMILES string of the molecule is C[C@H](C(=O)Nc1ccc(-n2cnnn2)cc1)n1nc(-c2ccccc2)ccc1=O. The van der Waals surface area contributed by atoms with E-state index in [1.165, 1.54) is 21.8 Å². The number of anilines is 1. The van der Waals surface area contributed by atoms with Gasteiger partial charge in [-0.15, -0.1) is 5.10 Å². The van der Waals surface area contributed by atoms with E-state index in [1.54, 1.807) is 37.3 Å². The molecule has 9 heteroatoms. The van der Waals surface area contributed by atoms with E-state index in [9.17, 15) is 9.59 Å². The lowest BCUT2D eigenvalue weighted by atomic mass is 10.1. The smallest absolute Gasteiger partial charge is 0.267 e. The minimum absolute atomic E-state index is 0.346. The Bertz CT molecular complexity index is 1170. The van der Waals surface area contributed by atoms with Crippen LogP contribution in [0.25, 0.3) is 16.9 Å². The molecule has 9 nitrogen and oxygen atoms in total. The van der Waals surface area contributed by atoms with Gasteiger partial charge in [0, 0.05) is 17.3 Å². The Morgan fingerprint density at radius 3 is 2.45 bits per heavy atom. The summed E-state index contributed by atoms with van der Waals surface area (Å²) < 4.78 is 2.69. The van der Waals surface area contributed by atoms with Gasteiger partial charge in [0.25, 0.3) is 5.56 Å². The second-order valence-corrected chi connectivity index (χ2v) is 6.33. The molecule has 2 aromatic carbocycles. The molecule has 4 aromatic rings. The zero-order valence-electron chi connectivity index (χ0n) is 15.5. The van der Waals surface area contributed by atoms with Crippen LogP contribution in [-0.2, 0) is 4.79 Å². The summed E-state index contributed by atoms with van der Waals surface area (Å²) in [6.07, 6.45) is 1.48. The van der Waals surface area contributed by atoms with Crippen LogP contribution in [0.2, 0.25) is 0 Å². The highest BCUT2D eigenvalue weighted by molar-refractivity contribution is 5.93. The summed E-state index contributed by atoms with van der Waals surface area (Å²) in [7, 11) is 0. The lowest BCUT2D eigenvalue weighted by Crippen LogP contribution is -2.33. The Kier molecular flexibility index (Phi) is 4.93. The summed E-state index contributed by atoms with van der Waals surface area (Å²) in [6.45, 7) is 1.63. The van der Waals surface area contributed by atoms with Gasteiger partial charge in [0.15, 0.2) is 0 Å². The number of nitrogens with zero attached hydrogens (tertiary/aromatic N) is 6. The van der Waals surface area contributed by atoms with Crippen LogP contribution in [-0.4, -0.2) is 35.9 Å². The Morgan fingerprint density at radius 2 is 1.76 bits per heavy atom. The summed E-state index contributed by atoms with van der Waals surface area (Å²) in [6, 6.07) is 18.8. The molecule has 4 rings (SSSR count). The third-order valence-electron chi connectivity index (χ3n) is 4.39. The molecule has 1 N–H and O–H groups in total. The Labute approximate surface area is 165 Å². The van der Waals surface area contributed by atoms with Crippen molar-refractivity contribution in [1.82, 2.24) is 30.0 Å². The second-order valence-electron chi connectivity index (χ2n) is 6.33. The van der Waals surface area contributed by atoms with Gasteiger partial charge < -0.3 is 5.32 Å². The van der Waals surface area contributed by atoms with Gasteiger partial charge in [0.05, 0.1) is 11.4 Å². The Hall–Kier alpha value is -4.14. The van der Waals surface area contributed by atoms with Crippen LogP contribution >= 0.6 is 0 Å². The molecular formula is C20H17N7O2. The number of hydrogen-bond donors (Lipinski definition) is 1. The van der Waals surface area contributed by atoms with Gasteiger partial charge >= 0.3 is 0 Å². The van der Waals surface area contributed by atoms with Crippen molar-refractivity contribution in [2.45, 2.75) is 13.0 Å². The summed E-state index contributed by atoms with van der Waals surface area (Å²) in [5.74, 6) is -0.347. The predicted molar refractivity (Wildman–Crippen MR) is 106 cm³/mol. The number of carbonyl (C=O) groups excluding carboxylic acids is 1. The molecule has 2 aromatic heterocycles. The van der Waals surface area contributed by atoms with E-state index in [-0.39, 0.29) is 11.5 Å². The van der Waals surface area contributed by atoms with Crippen molar-refractivity contribution in [3.8, 4) is 16.9 Å². The number of carbonyl (C=O) groups is 1. The monoisotopic (exact) mass is 387 g/mol. The fourth-order valence-corrected chi connectivity index (χ4v) is 2.80. The normalized spacial score (nSPS) is 11.8. The number of nitrogens with one attached hydrogen (secondary N) is 1. The maximum atomic E-state index is 12.7. The molecule has 1 atom stereocenters. The minimum Gasteiger partial charge on any atom is -0.324 e. The third kappa shape index (κ3) is 3.93. The van der Waals surface area contributed by atoms with Crippen molar-refractivity contribution in [2.75, 3.05) is 5.32 Å². The Morgan fingerprint density at radius 1 is 1.00 bits per heavy atom. The molecule has 0 bridgehead atoms. The van der Waals surface area contributed by atoms with Crippen LogP contribution in [0.3, 0.4) is 0 Å². The molecule has 0 aliphatic carbocycles. The lowest BCUT2D eigenvalue weighted by Gasteiger charge is -2.15. The first-order valence-corrected chi connectivity index (χ1v) is 8.91. The van der Waals surface area contributed by atoms with Gasteiger partial charge in [0.2, 0.25) is 5.91 Å². The van der Waals surface area contributed by atoms with E-state index in [1.807, 2.05) is 30.3 Å². The first-order valence-electron chi connectivity index (χ1n) is 8.91. The minimum atomic E-state index is -0.787. The van der Waals surface area contributed by atoms with E-state index >= 15 is 0 Å². The highest BCUT2D eigenvalue weighted by Gasteiger charge is 2.18. The van der Waals surface area contributed by atoms with Crippen LogP contribution in [0.1, 0.15) is 13.0 Å². The zero-order chi connectivity index (χ0) is 20.2. The van der Waals surface area contributed by atoms with Gasteiger partial charge in [-0.25, -0.2) is 9.36 Å².